The quantitative estimate of drug-likeness (QED) is 0.817. The van der Waals surface area contributed by atoms with Crippen LogP contribution >= 0.6 is 0 Å². The maximum atomic E-state index is 12.9. The number of halogens is 1. The highest BCUT2D eigenvalue weighted by molar-refractivity contribution is 6.04. The number of amides is 1. The smallest absolute Gasteiger partial charge is 0.244 e. The zero-order valence-electron chi connectivity index (χ0n) is 10.6. The van der Waals surface area contributed by atoms with Gasteiger partial charge in [-0.05, 0) is 31.8 Å². The van der Waals surface area contributed by atoms with E-state index in [1.807, 2.05) is 19.0 Å². The van der Waals surface area contributed by atoms with E-state index in [0.29, 0.717) is 19.5 Å². The summed E-state index contributed by atoms with van der Waals surface area (Å²) in [5.74, 6) is -0.244. The van der Waals surface area contributed by atoms with E-state index < -0.39 is 0 Å². The van der Waals surface area contributed by atoms with Gasteiger partial charge in [-0.15, -0.1) is 0 Å². The first-order chi connectivity index (χ1) is 8.56. The molecule has 96 valence electrons. The van der Waals surface area contributed by atoms with Crippen LogP contribution in [0, 0.1) is 5.82 Å². The van der Waals surface area contributed by atoms with E-state index in [1.54, 1.807) is 12.1 Å². The van der Waals surface area contributed by atoms with Crippen LogP contribution in [0.3, 0.4) is 0 Å². The highest BCUT2D eigenvalue weighted by atomic mass is 19.1. The van der Waals surface area contributed by atoms with Crippen LogP contribution in [0.2, 0.25) is 0 Å². The molecule has 4 nitrogen and oxygen atoms in total. The van der Waals surface area contributed by atoms with Crippen molar-refractivity contribution in [1.29, 1.82) is 0 Å². The monoisotopic (exact) mass is 249 g/mol. The molecule has 0 spiro atoms. The summed E-state index contributed by atoms with van der Waals surface area (Å²) in [5, 5.41) is 5.80. The van der Waals surface area contributed by atoms with Crippen molar-refractivity contribution in [1.82, 2.24) is 9.91 Å². The predicted molar refractivity (Wildman–Crippen MR) is 67.6 cm³/mol. The third kappa shape index (κ3) is 2.92. The lowest BCUT2D eigenvalue weighted by Gasteiger charge is -2.26. The summed E-state index contributed by atoms with van der Waals surface area (Å²) in [6, 6.07) is 6.20. The average Bonchev–Trinajstić information content (AvgIpc) is 2.32. The summed E-state index contributed by atoms with van der Waals surface area (Å²) < 4.78 is 12.9. The molecule has 5 heteroatoms. The molecule has 0 fully saturated rings. The number of benzene rings is 1. The molecule has 18 heavy (non-hydrogen) atoms. The van der Waals surface area contributed by atoms with Crippen molar-refractivity contribution >= 4 is 11.6 Å². The van der Waals surface area contributed by atoms with Crippen molar-refractivity contribution in [2.24, 2.45) is 5.10 Å². The molecule has 2 rings (SSSR count). The molecule has 0 unspecified atom stereocenters. The molecule has 0 bridgehead atoms. The van der Waals surface area contributed by atoms with Gasteiger partial charge >= 0.3 is 0 Å². The van der Waals surface area contributed by atoms with Crippen LogP contribution in [-0.2, 0) is 4.79 Å². The fourth-order valence-corrected chi connectivity index (χ4v) is 1.83. The van der Waals surface area contributed by atoms with E-state index in [1.165, 1.54) is 17.1 Å². The number of hydrogen-bond donors (Lipinski definition) is 0. The molecule has 1 aromatic rings. The molecule has 0 atom stereocenters. The van der Waals surface area contributed by atoms with Gasteiger partial charge in [0.15, 0.2) is 0 Å². The van der Waals surface area contributed by atoms with Gasteiger partial charge in [0.2, 0.25) is 5.91 Å². The van der Waals surface area contributed by atoms with E-state index in [2.05, 4.69) is 5.10 Å². The molecule has 0 saturated heterocycles. The fourth-order valence-electron chi connectivity index (χ4n) is 1.83. The van der Waals surface area contributed by atoms with Gasteiger partial charge < -0.3 is 0 Å². The second-order valence-electron chi connectivity index (χ2n) is 4.57. The van der Waals surface area contributed by atoms with Crippen LogP contribution in [0.5, 0.6) is 0 Å². The topological polar surface area (TPSA) is 35.9 Å². The van der Waals surface area contributed by atoms with Gasteiger partial charge in [-0.25, -0.2) is 9.40 Å². The number of carbonyl (C=O) groups excluding carboxylic acids is 1. The molecule has 1 heterocycles. The Bertz CT molecular complexity index is 468. The van der Waals surface area contributed by atoms with E-state index in [9.17, 15) is 9.18 Å². The SMILES string of the molecule is CN(C)CN1N=C(c2ccc(F)cc2)CCC1=O. The van der Waals surface area contributed by atoms with Crippen molar-refractivity contribution in [3.63, 3.8) is 0 Å². The number of hydrazone groups is 1. The highest BCUT2D eigenvalue weighted by Crippen LogP contribution is 2.15. The van der Waals surface area contributed by atoms with E-state index in [-0.39, 0.29) is 11.7 Å². The lowest BCUT2D eigenvalue weighted by atomic mass is 10.0. The Morgan fingerprint density at radius 2 is 1.94 bits per heavy atom. The summed E-state index contributed by atoms with van der Waals surface area (Å²) in [4.78, 5) is 13.6. The molecular weight excluding hydrogens is 233 g/mol. The Hall–Kier alpha value is -1.75. The summed E-state index contributed by atoms with van der Waals surface area (Å²) in [6.07, 6.45) is 1.05. The van der Waals surface area contributed by atoms with Gasteiger partial charge in [0.25, 0.3) is 0 Å². The molecule has 1 amide bonds. The van der Waals surface area contributed by atoms with Crippen LogP contribution < -0.4 is 0 Å². The number of carbonyl (C=O) groups is 1. The molecular formula is C13H16FN3O. The zero-order valence-corrected chi connectivity index (χ0v) is 10.6. The summed E-state index contributed by atoms with van der Waals surface area (Å²) in [7, 11) is 3.77. The first kappa shape index (κ1) is 12.7. The highest BCUT2D eigenvalue weighted by Gasteiger charge is 2.21. The molecule has 0 N–H and O–H groups in total. The van der Waals surface area contributed by atoms with Gasteiger partial charge in [-0.1, -0.05) is 12.1 Å². The molecule has 0 radical (unpaired) electrons. The van der Waals surface area contributed by atoms with Crippen LogP contribution in [0.1, 0.15) is 18.4 Å². The molecule has 0 saturated carbocycles. The van der Waals surface area contributed by atoms with E-state index in [0.717, 1.165) is 11.3 Å². The number of rotatable bonds is 3. The van der Waals surface area contributed by atoms with Crippen LogP contribution in [0.25, 0.3) is 0 Å². The first-order valence-corrected chi connectivity index (χ1v) is 5.85. The lowest BCUT2D eigenvalue weighted by molar-refractivity contribution is -0.133. The van der Waals surface area contributed by atoms with Crippen molar-refractivity contribution in [3.8, 4) is 0 Å². The summed E-state index contributed by atoms with van der Waals surface area (Å²) >= 11 is 0. The second-order valence-corrected chi connectivity index (χ2v) is 4.57. The van der Waals surface area contributed by atoms with E-state index in [4.69, 9.17) is 0 Å². The fraction of sp³-hybridized carbons (Fsp3) is 0.385. The number of hydrogen-bond acceptors (Lipinski definition) is 3. The maximum absolute atomic E-state index is 12.9. The third-order valence-corrected chi connectivity index (χ3v) is 2.70. The van der Waals surface area contributed by atoms with Crippen LogP contribution in [0.15, 0.2) is 29.4 Å². The second kappa shape index (κ2) is 5.27. The molecule has 0 aromatic heterocycles. The minimum atomic E-state index is -0.267. The average molecular weight is 249 g/mol. The Balaban J connectivity index is 2.22. The first-order valence-electron chi connectivity index (χ1n) is 5.85. The minimum absolute atomic E-state index is 0.0227. The van der Waals surface area contributed by atoms with Gasteiger partial charge in [0.05, 0.1) is 12.4 Å². The summed E-state index contributed by atoms with van der Waals surface area (Å²) in [5.41, 5.74) is 1.70. The zero-order chi connectivity index (χ0) is 13.1. The Labute approximate surface area is 106 Å². The molecule has 1 aliphatic heterocycles. The normalized spacial score (nSPS) is 16.1. The lowest BCUT2D eigenvalue weighted by Crippen LogP contribution is -2.38. The Kier molecular flexibility index (Phi) is 3.72. The van der Waals surface area contributed by atoms with Crippen LogP contribution in [0.4, 0.5) is 4.39 Å². The third-order valence-electron chi connectivity index (χ3n) is 2.70. The standard InChI is InChI=1S/C13H16FN3O/c1-16(2)9-17-13(18)8-7-12(15-17)10-3-5-11(14)6-4-10/h3-6H,7-9H2,1-2H3. The van der Waals surface area contributed by atoms with Gasteiger partial charge in [0.1, 0.15) is 5.82 Å². The van der Waals surface area contributed by atoms with Crippen molar-refractivity contribution in [2.45, 2.75) is 12.8 Å². The van der Waals surface area contributed by atoms with Crippen molar-refractivity contribution in [2.75, 3.05) is 20.8 Å². The van der Waals surface area contributed by atoms with Crippen LogP contribution in [-0.4, -0.2) is 42.3 Å². The van der Waals surface area contributed by atoms with Crippen molar-refractivity contribution in [3.05, 3.63) is 35.6 Å². The van der Waals surface area contributed by atoms with Crippen molar-refractivity contribution < 1.29 is 9.18 Å². The molecule has 1 aromatic carbocycles. The van der Waals surface area contributed by atoms with Gasteiger partial charge in [-0.3, -0.25) is 9.69 Å². The molecule has 1 aliphatic rings. The van der Waals surface area contributed by atoms with Gasteiger partial charge in [0, 0.05) is 12.8 Å². The maximum Gasteiger partial charge on any atom is 0.244 e. The Morgan fingerprint density at radius 1 is 1.28 bits per heavy atom. The largest absolute Gasteiger partial charge is 0.290 e. The van der Waals surface area contributed by atoms with Gasteiger partial charge in [-0.2, -0.15) is 5.10 Å². The molecule has 0 aliphatic carbocycles. The summed E-state index contributed by atoms with van der Waals surface area (Å²) in [6.45, 7) is 0.462. The van der Waals surface area contributed by atoms with E-state index >= 15 is 0 Å². The Morgan fingerprint density at radius 3 is 2.56 bits per heavy atom. The number of nitrogens with zero attached hydrogens (tertiary/aromatic N) is 3. The minimum Gasteiger partial charge on any atom is -0.290 e. The predicted octanol–water partition coefficient (Wildman–Crippen LogP) is 1.67.